The molecule has 2 aromatic rings. The SMILES string of the molecule is CC(=O)Nc1ccc(NC(=O)CN(C)C(C)c2cccs2)cc1. The fourth-order valence-electron chi connectivity index (χ4n) is 2.15. The molecule has 1 atom stereocenters. The number of carbonyl (C=O) groups excluding carboxylic acids is 2. The molecule has 1 unspecified atom stereocenters. The van der Waals surface area contributed by atoms with Crippen molar-refractivity contribution in [1.82, 2.24) is 4.90 Å². The van der Waals surface area contributed by atoms with Crippen LogP contribution in [0, 0.1) is 0 Å². The van der Waals surface area contributed by atoms with E-state index in [-0.39, 0.29) is 17.9 Å². The van der Waals surface area contributed by atoms with Gasteiger partial charge in [0.25, 0.3) is 0 Å². The van der Waals surface area contributed by atoms with E-state index < -0.39 is 0 Å². The number of nitrogens with one attached hydrogen (secondary N) is 2. The molecule has 2 rings (SSSR count). The fraction of sp³-hybridized carbons (Fsp3) is 0.294. The monoisotopic (exact) mass is 331 g/mol. The molecule has 1 aromatic carbocycles. The third-order valence-electron chi connectivity index (χ3n) is 3.50. The number of amides is 2. The Kier molecular flexibility index (Phi) is 5.90. The smallest absolute Gasteiger partial charge is 0.238 e. The van der Waals surface area contributed by atoms with Gasteiger partial charge in [-0.1, -0.05) is 6.07 Å². The Balaban J connectivity index is 1.87. The molecule has 6 heteroatoms. The highest BCUT2D eigenvalue weighted by Crippen LogP contribution is 2.23. The lowest BCUT2D eigenvalue weighted by molar-refractivity contribution is -0.117. The Morgan fingerprint density at radius 2 is 1.74 bits per heavy atom. The van der Waals surface area contributed by atoms with Crippen LogP contribution in [0.15, 0.2) is 41.8 Å². The van der Waals surface area contributed by atoms with Gasteiger partial charge in [0.15, 0.2) is 0 Å². The van der Waals surface area contributed by atoms with Gasteiger partial charge in [-0.05, 0) is 49.7 Å². The number of thiophene rings is 1. The predicted octanol–water partition coefficient (Wildman–Crippen LogP) is 3.34. The average molecular weight is 331 g/mol. The largest absolute Gasteiger partial charge is 0.326 e. The zero-order valence-electron chi connectivity index (χ0n) is 13.5. The first-order valence-electron chi connectivity index (χ1n) is 7.37. The van der Waals surface area contributed by atoms with Crippen LogP contribution in [0.4, 0.5) is 11.4 Å². The summed E-state index contributed by atoms with van der Waals surface area (Å²) in [5.41, 5.74) is 1.42. The number of likely N-dealkylation sites (N-methyl/N-ethyl adjacent to an activating group) is 1. The molecule has 0 fully saturated rings. The molecule has 122 valence electrons. The van der Waals surface area contributed by atoms with Gasteiger partial charge in [-0.15, -0.1) is 11.3 Å². The zero-order valence-corrected chi connectivity index (χ0v) is 14.3. The van der Waals surface area contributed by atoms with Gasteiger partial charge in [-0.3, -0.25) is 14.5 Å². The molecule has 2 amide bonds. The van der Waals surface area contributed by atoms with Crippen molar-refractivity contribution in [2.45, 2.75) is 19.9 Å². The maximum absolute atomic E-state index is 12.1. The van der Waals surface area contributed by atoms with Gasteiger partial charge in [-0.25, -0.2) is 0 Å². The third-order valence-corrected chi connectivity index (χ3v) is 4.54. The Morgan fingerprint density at radius 3 is 2.26 bits per heavy atom. The lowest BCUT2D eigenvalue weighted by Crippen LogP contribution is -2.31. The number of benzene rings is 1. The highest BCUT2D eigenvalue weighted by molar-refractivity contribution is 7.10. The molecule has 0 aliphatic carbocycles. The molecular weight excluding hydrogens is 310 g/mol. The second kappa shape index (κ2) is 7.89. The van der Waals surface area contributed by atoms with Crippen LogP contribution in [-0.4, -0.2) is 30.3 Å². The molecule has 2 N–H and O–H groups in total. The molecule has 0 radical (unpaired) electrons. The van der Waals surface area contributed by atoms with Crippen LogP contribution in [0.5, 0.6) is 0 Å². The summed E-state index contributed by atoms with van der Waals surface area (Å²) in [4.78, 5) is 26.4. The summed E-state index contributed by atoms with van der Waals surface area (Å²) < 4.78 is 0. The molecule has 0 bridgehead atoms. The second-order valence-electron chi connectivity index (χ2n) is 5.41. The highest BCUT2D eigenvalue weighted by Gasteiger charge is 2.15. The van der Waals surface area contributed by atoms with E-state index in [4.69, 9.17) is 0 Å². The number of rotatable bonds is 6. The maximum Gasteiger partial charge on any atom is 0.238 e. The first-order valence-corrected chi connectivity index (χ1v) is 8.25. The Labute approximate surface area is 140 Å². The molecule has 0 aliphatic rings. The van der Waals surface area contributed by atoms with Crippen LogP contribution in [0.1, 0.15) is 24.8 Å². The van der Waals surface area contributed by atoms with Crippen LogP contribution in [0.3, 0.4) is 0 Å². The molecule has 1 aromatic heterocycles. The quantitative estimate of drug-likeness (QED) is 0.853. The van der Waals surface area contributed by atoms with Crippen molar-refractivity contribution in [3.05, 3.63) is 46.7 Å². The molecule has 0 saturated heterocycles. The average Bonchev–Trinajstić information content (AvgIpc) is 3.02. The van der Waals surface area contributed by atoms with Crippen molar-refractivity contribution in [3.8, 4) is 0 Å². The van der Waals surface area contributed by atoms with E-state index >= 15 is 0 Å². The first kappa shape index (κ1) is 17.2. The molecule has 0 saturated carbocycles. The standard InChI is InChI=1S/C17H21N3O2S/c1-12(16-5-4-10-23-16)20(3)11-17(22)19-15-8-6-14(7-9-15)18-13(2)21/h4-10,12H,11H2,1-3H3,(H,18,21)(H,19,22). The van der Waals surface area contributed by atoms with Gasteiger partial charge in [0.1, 0.15) is 0 Å². The van der Waals surface area contributed by atoms with E-state index in [0.29, 0.717) is 17.9 Å². The summed E-state index contributed by atoms with van der Waals surface area (Å²) in [7, 11) is 1.93. The van der Waals surface area contributed by atoms with Crippen molar-refractivity contribution in [3.63, 3.8) is 0 Å². The highest BCUT2D eigenvalue weighted by atomic mass is 32.1. The summed E-state index contributed by atoms with van der Waals surface area (Å²) in [6, 6.07) is 11.3. The third kappa shape index (κ3) is 5.19. The van der Waals surface area contributed by atoms with Gasteiger partial charge in [-0.2, -0.15) is 0 Å². The first-order chi connectivity index (χ1) is 11.0. The van der Waals surface area contributed by atoms with E-state index in [2.05, 4.69) is 23.6 Å². The summed E-state index contributed by atoms with van der Waals surface area (Å²) in [6.07, 6.45) is 0. The van der Waals surface area contributed by atoms with Crippen molar-refractivity contribution < 1.29 is 9.59 Å². The zero-order chi connectivity index (χ0) is 16.8. The number of hydrogen-bond acceptors (Lipinski definition) is 4. The van der Waals surface area contributed by atoms with Crippen molar-refractivity contribution in [1.29, 1.82) is 0 Å². The second-order valence-corrected chi connectivity index (χ2v) is 6.39. The number of nitrogens with zero attached hydrogens (tertiary/aromatic N) is 1. The Hall–Kier alpha value is -2.18. The maximum atomic E-state index is 12.1. The Bertz CT molecular complexity index is 653. The predicted molar refractivity (Wildman–Crippen MR) is 94.7 cm³/mol. The van der Waals surface area contributed by atoms with Crippen molar-refractivity contribution in [2.75, 3.05) is 24.2 Å². The minimum Gasteiger partial charge on any atom is -0.326 e. The molecule has 0 aliphatic heterocycles. The van der Waals surface area contributed by atoms with Crippen LogP contribution >= 0.6 is 11.3 Å². The van der Waals surface area contributed by atoms with E-state index in [1.807, 2.05) is 23.4 Å². The van der Waals surface area contributed by atoms with Crippen LogP contribution < -0.4 is 10.6 Å². The molecule has 23 heavy (non-hydrogen) atoms. The lowest BCUT2D eigenvalue weighted by atomic mass is 10.2. The van der Waals surface area contributed by atoms with E-state index in [9.17, 15) is 9.59 Å². The number of carbonyl (C=O) groups is 2. The molecule has 1 heterocycles. The lowest BCUT2D eigenvalue weighted by Gasteiger charge is -2.23. The minimum absolute atomic E-state index is 0.0665. The van der Waals surface area contributed by atoms with Gasteiger partial charge in [0.2, 0.25) is 11.8 Å². The summed E-state index contributed by atoms with van der Waals surface area (Å²) in [5.74, 6) is -0.186. The molecule has 5 nitrogen and oxygen atoms in total. The Morgan fingerprint density at radius 1 is 1.13 bits per heavy atom. The van der Waals surface area contributed by atoms with Crippen LogP contribution in [0.2, 0.25) is 0 Å². The molecular formula is C17H21N3O2S. The van der Waals surface area contributed by atoms with Gasteiger partial charge in [0, 0.05) is 29.2 Å². The van der Waals surface area contributed by atoms with Crippen molar-refractivity contribution >= 4 is 34.5 Å². The van der Waals surface area contributed by atoms with E-state index in [0.717, 1.165) is 0 Å². The molecule has 0 spiro atoms. The van der Waals surface area contributed by atoms with E-state index in [1.54, 1.807) is 35.6 Å². The van der Waals surface area contributed by atoms with Crippen molar-refractivity contribution in [2.24, 2.45) is 0 Å². The van der Waals surface area contributed by atoms with E-state index in [1.165, 1.54) is 11.8 Å². The van der Waals surface area contributed by atoms with Gasteiger partial charge < -0.3 is 10.6 Å². The minimum atomic E-state index is -0.119. The summed E-state index contributed by atoms with van der Waals surface area (Å²) >= 11 is 1.69. The van der Waals surface area contributed by atoms with Gasteiger partial charge >= 0.3 is 0 Å². The topological polar surface area (TPSA) is 61.4 Å². The van der Waals surface area contributed by atoms with Gasteiger partial charge in [0.05, 0.1) is 6.54 Å². The summed E-state index contributed by atoms with van der Waals surface area (Å²) in [5, 5.41) is 7.59. The fourth-order valence-corrected chi connectivity index (χ4v) is 3.00. The summed E-state index contributed by atoms with van der Waals surface area (Å²) in [6.45, 7) is 3.86. The number of hydrogen-bond donors (Lipinski definition) is 2. The van der Waals surface area contributed by atoms with Crippen LogP contribution in [-0.2, 0) is 9.59 Å². The van der Waals surface area contributed by atoms with Crippen LogP contribution in [0.25, 0.3) is 0 Å². The normalized spacial score (nSPS) is 12.0. The number of anilines is 2.